The minimum Gasteiger partial charge on any atom is -0.504 e. The second-order valence-electron chi connectivity index (χ2n) is 6.85. The number of halogens is 1. The quantitative estimate of drug-likeness (QED) is 0.196. The molecule has 0 fully saturated rings. The number of carbonyl (C=O) groups is 1. The highest BCUT2D eigenvalue weighted by atomic mass is 35.5. The maximum absolute atomic E-state index is 12.6. The van der Waals surface area contributed by atoms with Gasteiger partial charge in [0.1, 0.15) is 5.03 Å². The molecule has 0 saturated heterocycles. The molecule has 4 rings (SSSR count). The first-order chi connectivity index (χ1) is 14.3. The van der Waals surface area contributed by atoms with Crippen molar-refractivity contribution in [3.8, 4) is 22.6 Å². The molecule has 0 radical (unpaired) electrons. The van der Waals surface area contributed by atoms with Crippen LogP contribution in [-0.2, 0) is 0 Å². The van der Waals surface area contributed by atoms with Crippen LogP contribution in [-0.4, -0.2) is 36.3 Å². The first kappa shape index (κ1) is 20.3. The molecule has 0 unspecified atom stereocenters. The van der Waals surface area contributed by atoms with Gasteiger partial charge in [0.15, 0.2) is 22.9 Å². The van der Waals surface area contributed by atoms with E-state index in [1.54, 1.807) is 4.52 Å². The van der Waals surface area contributed by atoms with Gasteiger partial charge in [-0.15, -0.1) is 0 Å². The van der Waals surface area contributed by atoms with Gasteiger partial charge in [0, 0.05) is 21.8 Å². The highest BCUT2D eigenvalue weighted by Gasteiger charge is 2.17. The summed E-state index contributed by atoms with van der Waals surface area (Å²) in [6.45, 7) is 3.82. The van der Waals surface area contributed by atoms with Gasteiger partial charge in [-0.25, -0.2) is 9.50 Å². The summed E-state index contributed by atoms with van der Waals surface area (Å²) in [5.41, 5.74) is 4.58. The number of aromatic hydroxyl groups is 2. The second kappa shape index (κ2) is 8.01. The fourth-order valence-electron chi connectivity index (χ4n) is 3.19. The molecule has 6 nitrogen and oxygen atoms in total. The van der Waals surface area contributed by atoms with Crippen LogP contribution in [0.5, 0.6) is 11.5 Å². The summed E-state index contributed by atoms with van der Waals surface area (Å²) in [7, 11) is 0. The van der Waals surface area contributed by atoms with Crippen molar-refractivity contribution in [1.29, 1.82) is 0 Å². The Morgan fingerprint density at radius 1 is 1.07 bits per heavy atom. The molecule has 0 saturated carbocycles. The Labute approximate surface area is 182 Å². The molecular formula is C22H18ClN3O3S. The normalized spacial score (nSPS) is 11.2. The van der Waals surface area contributed by atoms with Crippen molar-refractivity contribution in [2.75, 3.05) is 5.75 Å². The molecule has 0 bridgehead atoms. The summed E-state index contributed by atoms with van der Waals surface area (Å²) in [6.07, 6.45) is 0. The number of ketones is 1. The number of fused-ring (bicyclic) bond motifs is 1. The molecular weight excluding hydrogens is 422 g/mol. The van der Waals surface area contributed by atoms with Crippen molar-refractivity contribution in [2.24, 2.45) is 0 Å². The Morgan fingerprint density at radius 2 is 1.80 bits per heavy atom. The largest absolute Gasteiger partial charge is 0.504 e. The van der Waals surface area contributed by atoms with E-state index in [1.165, 1.54) is 30.0 Å². The van der Waals surface area contributed by atoms with E-state index < -0.39 is 0 Å². The summed E-state index contributed by atoms with van der Waals surface area (Å²) in [5.74, 6) is -0.590. The molecule has 2 N–H and O–H groups in total. The van der Waals surface area contributed by atoms with Crippen LogP contribution in [0.2, 0.25) is 5.02 Å². The SMILES string of the molecule is Cc1cc(SCC(=O)c2ccc(O)c(O)c2)n2nc(C)c(-c3ccc(Cl)cc3)c2n1. The molecule has 0 aliphatic rings. The Kier molecular flexibility index (Phi) is 5.40. The number of carbonyl (C=O) groups excluding carboxylic acids is 1. The lowest BCUT2D eigenvalue weighted by molar-refractivity contribution is 0.102. The molecule has 8 heteroatoms. The zero-order valence-electron chi connectivity index (χ0n) is 16.3. The van der Waals surface area contributed by atoms with Gasteiger partial charge in [-0.1, -0.05) is 35.5 Å². The molecule has 2 aromatic heterocycles. The standard InChI is InChI=1S/C22H18ClN3O3S/c1-12-9-20(30-11-19(29)15-5-8-17(27)18(28)10-15)26-22(24-12)21(13(2)25-26)14-3-6-16(23)7-4-14/h3-10,27-28H,11H2,1-2H3. The average molecular weight is 440 g/mol. The van der Waals surface area contributed by atoms with Gasteiger partial charge in [0.2, 0.25) is 0 Å². The lowest BCUT2D eigenvalue weighted by Crippen LogP contribution is -2.04. The van der Waals surface area contributed by atoms with E-state index in [2.05, 4.69) is 10.1 Å². The highest BCUT2D eigenvalue weighted by molar-refractivity contribution is 7.99. The minimum absolute atomic E-state index is 0.151. The van der Waals surface area contributed by atoms with Crippen LogP contribution in [0.1, 0.15) is 21.7 Å². The van der Waals surface area contributed by atoms with Gasteiger partial charge < -0.3 is 10.2 Å². The molecule has 0 atom stereocenters. The predicted octanol–water partition coefficient (Wildman–Crippen LogP) is 5.05. The van der Waals surface area contributed by atoms with E-state index >= 15 is 0 Å². The second-order valence-corrected chi connectivity index (χ2v) is 8.29. The fourth-order valence-corrected chi connectivity index (χ4v) is 4.26. The maximum Gasteiger partial charge on any atom is 0.173 e. The van der Waals surface area contributed by atoms with E-state index in [4.69, 9.17) is 11.6 Å². The third-order valence-electron chi connectivity index (χ3n) is 4.64. The lowest BCUT2D eigenvalue weighted by atomic mass is 10.1. The zero-order valence-corrected chi connectivity index (χ0v) is 17.8. The predicted molar refractivity (Wildman–Crippen MR) is 118 cm³/mol. The van der Waals surface area contributed by atoms with Crippen molar-refractivity contribution in [3.05, 3.63) is 70.5 Å². The Balaban J connectivity index is 1.68. The third kappa shape index (κ3) is 3.86. The molecule has 0 amide bonds. The van der Waals surface area contributed by atoms with Crippen LogP contribution in [0.25, 0.3) is 16.8 Å². The minimum atomic E-state index is -0.316. The third-order valence-corrected chi connectivity index (χ3v) is 5.89. The number of hydrogen-bond donors (Lipinski definition) is 2. The van der Waals surface area contributed by atoms with Crippen LogP contribution < -0.4 is 0 Å². The summed E-state index contributed by atoms with van der Waals surface area (Å²) < 4.78 is 1.75. The summed E-state index contributed by atoms with van der Waals surface area (Å²) in [5, 5.41) is 25.2. The Hall–Kier alpha value is -3.03. The van der Waals surface area contributed by atoms with Gasteiger partial charge in [-0.05, 0) is 55.8 Å². The van der Waals surface area contributed by atoms with E-state index in [1.807, 2.05) is 44.2 Å². The van der Waals surface area contributed by atoms with E-state index in [9.17, 15) is 15.0 Å². The van der Waals surface area contributed by atoms with Crippen LogP contribution >= 0.6 is 23.4 Å². The molecule has 0 aliphatic carbocycles. The Morgan fingerprint density at radius 3 is 2.50 bits per heavy atom. The lowest BCUT2D eigenvalue weighted by Gasteiger charge is -2.07. The molecule has 152 valence electrons. The Bertz CT molecular complexity index is 1270. The molecule has 0 spiro atoms. The number of phenols is 2. The number of aromatic nitrogens is 3. The van der Waals surface area contributed by atoms with Crippen molar-refractivity contribution < 1.29 is 15.0 Å². The molecule has 0 aliphatic heterocycles. The number of Topliss-reactive ketones (excluding diaryl/α,β-unsaturated/α-hetero) is 1. The number of nitrogens with zero attached hydrogens (tertiary/aromatic N) is 3. The van der Waals surface area contributed by atoms with Crippen molar-refractivity contribution in [2.45, 2.75) is 18.9 Å². The van der Waals surface area contributed by atoms with E-state index in [0.717, 1.165) is 27.5 Å². The summed E-state index contributed by atoms with van der Waals surface area (Å²) in [6, 6.07) is 13.5. The van der Waals surface area contributed by atoms with Gasteiger partial charge in [-0.3, -0.25) is 4.79 Å². The topological polar surface area (TPSA) is 87.7 Å². The van der Waals surface area contributed by atoms with Crippen LogP contribution in [0, 0.1) is 13.8 Å². The van der Waals surface area contributed by atoms with Gasteiger partial charge in [0.25, 0.3) is 0 Å². The highest BCUT2D eigenvalue weighted by Crippen LogP contribution is 2.32. The molecule has 2 aromatic carbocycles. The number of hydrogen-bond acceptors (Lipinski definition) is 6. The number of benzene rings is 2. The monoisotopic (exact) mass is 439 g/mol. The van der Waals surface area contributed by atoms with Crippen LogP contribution in [0.4, 0.5) is 0 Å². The average Bonchev–Trinajstić information content (AvgIpc) is 3.04. The van der Waals surface area contributed by atoms with Crippen LogP contribution in [0.3, 0.4) is 0 Å². The zero-order chi connectivity index (χ0) is 21.4. The summed E-state index contributed by atoms with van der Waals surface area (Å²) >= 11 is 7.36. The molecule has 4 aromatic rings. The first-order valence-corrected chi connectivity index (χ1v) is 10.5. The first-order valence-electron chi connectivity index (χ1n) is 9.14. The van der Waals surface area contributed by atoms with E-state index in [0.29, 0.717) is 16.2 Å². The van der Waals surface area contributed by atoms with Crippen molar-refractivity contribution in [3.63, 3.8) is 0 Å². The van der Waals surface area contributed by atoms with Gasteiger partial charge in [0.05, 0.1) is 11.4 Å². The number of rotatable bonds is 5. The van der Waals surface area contributed by atoms with Gasteiger partial charge in [-0.2, -0.15) is 5.10 Å². The van der Waals surface area contributed by atoms with Gasteiger partial charge >= 0.3 is 0 Å². The summed E-state index contributed by atoms with van der Waals surface area (Å²) in [4.78, 5) is 17.2. The van der Waals surface area contributed by atoms with Crippen molar-refractivity contribution in [1.82, 2.24) is 14.6 Å². The number of thioether (sulfide) groups is 1. The fraction of sp³-hybridized carbons (Fsp3) is 0.136. The maximum atomic E-state index is 12.6. The molecule has 30 heavy (non-hydrogen) atoms. The number of phenolic OH excluding ortho intramolecular Hbond substituents is 2. The number of aryl methyl sites for hydroxylation is 2. The van der Waals surface area contributed by atoms with E-state index in [-0.39, 0.29) is 23.0 Å². The van der Waals surface area contributed by atoms with Crippen molar-refractivity contribution >= 4 is 34.8 Å². The van der Waals surface area contributed by atoms with Crippen LogP contribution in [0.15, 0.2) is 53.6 Å². The molecule has 2 heterocycles. The smallest absolute Gasteiger partial charge is 0.173 e.